The molecular weight excluding hydrogens is 344 g/mol. The number of hydrogen-bond acceptors (Lipinski definition) is 6. The Labute approximate surface area is 156 Å². The fraction of sp³-hybridized carbons (Fsp3) is 0.150. The molecular formula is C20H18N4OS. The summed E-state index contributed by atoms with van der Waals surface area (Å²) in [5, 5.41) is 16.2. The molecule has 0 radical (unpaired) electrons. The van der Waals surface area contributed by atoms with Gasteiger partial charge in [-0.2, -0.15) is 10.4 Å². The molecule has 0 aliphatic heterocycles. The van der Waals surface area contributed by atoms with Crippen LogP contribution >= 0.6 is 11.3 Å². The van der Waals surface area contributed by atoms with E-state index in [0.717, 1.165) is 28.3 Å². The fourth-order valence-electron chi connectivity index (χ4n) is 2.45. The predicted molar refractivity (Wildman–Crippen MR) is 106 cm³/mol. The summed E-state index contributed by atoms with van der Waals surface area (Å²) in [7, 11) is 1.63. The first-order valence-corrected chi connectivity index (χ1v) is 8.90. The Morgan fingerprint density at radius 2 is 1.96 bits per heavy atom. The van der Waals surface area contributed by atoms with E-state index >= 15 is 0 Å². The van der Waals surface area contributed by atoms with E-state index in [1.807, 2.05) is 55.6 Å². The molecule has 1 aromatic heterocycles. The number of hydrazone groups is 1. The van der Waals surface area contributed by atoms with Gasteiger partial charge in [0.15, 0.2) is 10.7 Å². The summed E-state index contributed by atoms with van der Waals surface area (Å²) < 4.78 is 5.17. The van der Waals surface area contributed by atoms with Crippen LogP contribution in [-0.2, 0) is 0 Å². The van der Waals surface area contributed by atoms with Gasteiger partial charge in [0, 0.05) is 10.9 Å². The molecule has 0 saturated carbocycles. The van der Waals surface area contributed by atoms with Gasteiger partial charge in [0.25, 0.3) is 0 Å². The number of thiazole rings is 1. The molecule has 0 unspecified atom stereocenters. The zero-order valence-electron chi connectivity index (χ0n) is 14.8. The van der Waals surface area contributed by atoms with Crippen LogP contribution in [-0.4, -0.2) is 17.8 Å². The number of aromatic nitrogens is 1. The van der Waals surface area contributed by atoms with E-state index < -0.39 is 0 Å². The number of nitriles is 1. The number of hydrogen-bond donors (Lipinski definition) is 1. The summed E-state index contributed by atoms with van der Waals surface area (Å²) in [4.78, 5) is 4.54. The van der Waals surface area contributed by atoms with Crippen LogP contribution in [0.2, 0.25) is 0 Å². The summed E-state index contributed by atoms with van der Waals surface area (Å²) in [5.74, 6) is 0.793. The van der Waals surface area contributed by atoms with Gasteiger partial charge in [-0.3, -0.25) is 5.43 Å². The number of rotatable bonds is 5. The third-order valence-corrected chi connectivity index (χ3v) is 4.72. The van der Waals surface area contributed by atoms with Crippen LogP contribution in [0.5, 0.6) is 5.75 Å². The van der Waals surface area contributed by atoms with E-state index in [1.54, 1.807) is 7.11 Å². The molecule has 0 fully saturated rings. The normalized spacial score (nSPS) is 11.1. The Balaban J connectivity index is 1.82. The molecule has 6 heteroatoms. The quantitative estimate of drug-likeness (QED) is 0.524. The number of nitrogens with zero attached hydrogens (tertiary/aromatic N) is 3. The molecule has 26 heavy (non-hydrogen) atoms. The Bertz CT molecular complexity index is 984. The van der Waals surface area contributed by atoms with Gasteiger partial charge >= 0.3 is 0 Å². The lowest BCUT2D eigenvalue weighted by atomic mass is 10.1. The van der Waals surface area contributed by atoms with Gasteiger partial charge in [-0.1, -0.05) is 17.7 Å². The van der Waals surface area contributed by atoms with Crippen molar-refractivity contribution in [1.82, 2.24) is 4.98 Å². The molecule has 3 aromatic rings. The average Bonchev–Trinajstić information content (AvgIpc) is 3.14. The summed E-state index contributed by atoms with van der Waals surface area (Å²) in [6, 6.07) is 15.8. The molecule has 130 valence electrons. The maximum Gasteiger partial charge on any atom is 0.196 e. The zero-order valence-corrected chi connectivity index (χ0v) is 15.6. The van der Waals surface area contributed by atoms with Crippen LogP contribution in [0, 0.1) is 25.2 Å². The summed E-state index contributed by atoms with van der Waals surface area (Å²) in [6.07, 6.45) is 0. The van der Waals surface area contributed by atoms with Crippen LogP contribution in [0.3, 0.4) is 0 Å². The van der Waals surface area contributed by atoms with E-state index in [0.29, 0.717) is 5.01 Å². The molecule has 0 amide bonds. The Morgan fingerprint density at radius 3 is 2.62 bits per heavy atom. The van der Waals surface area contributed by atoms with Crippen molar-refractivity contribution >= 4 is 22.7 Å². The lowest BCUT2D eigenvalue weighted by Crippen LogP contribution is -2.02. The van der Waals surface area contributed by atoms with Crippen molar-refractivity contribution in [3.05, 3.63) is 64.0 Å². The summed E-state index contributed by atoms with van der Waals surface area (Å²) >= 11 is 1.39. The molecule has 1 heterocycles. The first-order valence-electron chi connectivity index (χ1n) is 8.02. The topological polar surface area (TPSA) is 70.3 Å². The molecule has 0 bridgehead atoms. The smallest absolute Gasteiger partial charge is 0.196 e. The largest absolute Gasteiger partial charge is 0.497 e. The molecule has 5 nitrogen and oxygen atoms in total. The standard InChI is InChI=1S/C20H18N4OS/c1-13-4-9-17(14(2)10-13)23-24-18(11-21)20-22-19(12-26-20)15-5-7-16(25-3)8-6-15/h4-10,12,23H,1-3H3. The molecule has 0 saturated heterocycles. The minimum atomic E-state index is 0.259. The lowest BCUT2D eigenvalue weighted by Gasteiger charge is -2.05. The number of methoxy groups -OCH3 is 1. The van der Waals surface area contributed by atoms with Crippen LogP contribution in [0.4, 0.5) is 5.69 Å². The van der Waals surface area contributed by atoms with Gasteiger partial charge in [-0.25, -0.2) is 4.98 Å². The maximum absolute atomic E-state index is 9.45. The Kier molecular flexibility index (Phi) is 5.30. The summed E-state index contributed by atoms with van der Waals surface area (Å²) in [5.41, 5.74) is 8.13. The van der Waals surface area contributed by atoms with Crippen molar-refractivity contribution in [3.63, 3.8) is 0 Å². The minimum absolute atomic E-state index is 0.259. The first kappa shape index (κ1) is 17.6. The van der Waals surface area contributed by atoms with Crippen molar-refractivity contribution < 1.29 is 4.74 Å². The molecule has 0 aliphatic carbocycles. The number of benzene rings is 2. The Morgan fingerprint density at radius 1 is 1.19 bits per heavy atom. The number of nitrogens with one attached hydrogen (secondary N) is 1. The Hall–Kier alpha value is -3.17. The van der Waals surface area contributed by atoms with E-state index in [-0.39, 0.29) is 5.71 Å². The van der Waals surface area contributed by atoms with Crippen LogP contribution in [0.1, 0.15) is 16.1 Å². The third kappa shape index (κ3) is 3.90. The average molecular weight is 362 g/mol. The highest BCUT2D eigenvalue weighted by molar-refractivity contribution is 7.12. The molecule has 0 atom stereocenters. The highest BCUT2D eigenvalue weighted by Crippen LogP contribution is 2.24. The van der Waals surface area contributed by atoms with Crippen LogP contribution in [0.15, 0.2) is 52.9 Å². The van der Waals surface area contributed by atoms with Crippen LogP contribution < -0.4 is 10.2 Å². The van der Waals surface area contributed by atoms with Crippen molar-refractivity contribution in [2.45, 2.75) is 13.8 Å². The molecule has 0 aliphatic rings. The van der Waals surface area contributed by atoms with Crippen LogP contribution in [0.25, 0.3) is 11.3 Å². The number of ether oxygens (including phenoxy) is 1. The SMILES string of the molecule is COc1ccc(-c2csc(C(C#N)=NNc3ccc(C)cc3C)n2)cc1. The van der Waals surface area contributed by atoms with E-state index in [2.05, 4.69) is 27.6 Å². The van der Waals surface area contributed by atoms with Gasteiger partial charge < -0.3 is 4.74 Å². The van der Waals surface area contributed by atoms with Gasteiger partial charge in [0.05, 0.1) is 18.5 Å². The highest BCUT2D eigenvalue weighted by Gasteiger charge is 2.11. The predicted octanol–water partition coefficient (Wildman–Crippen LogP) is 4.78. The highest BCUT2D eigenvalue weighted by atomic mass is 32.1. The minimum Gasteiger partial charge on any atom is -0.497 e. The van der Waals surface area contributed by atoms with Gasteiger partial charge in [-0.15, -0.1) is 11.3 Å². The molecule has 1 N–H and O–H groups in total. The molecule has 2 aromatic carbocycles. The van der Waals surface area contributed by atoms with Gasteiger partial charge in [0.2, 0.25) is 0 Å². The van der Waals surface area contributed by atoms with Crippen molar-refractivity contribution in [2.24, 2.45) is 5.10 Å². The third-order valence-electron chi connectivity index (χ3n) is 3.87. The second kappa shape index (κ2) is 7.81. The lowest BCUT2D eigenvalue weighted by molar-refractivity contribution is 0.415. The number of anilines is 1. The first-order chi connectivity index (χ1) is 12.6. The monoisotopic (exact) mass is 362 g/mol. The van der Waals surface area contributed by atoms with Crippen molar-refractivity contribution in [2.75, 3.05) is 12.5 Å². The van der Waals surface area contributed by atoms with Crippen molar-refractivity contribution in [1.29, 1.82) is 5.26 Å². The van der Waals surface area contributed by atoms with E-state index in [9.17, 15) is 5.26 Å². The van der Waals surface area contributed by atoms with Crippen molar-refractivity contribution in [3.8, 4) is 23.1 Å². The maximum atomic E-state index is 9.45. The van der Waals surface area contributed by atoms with Gasteiger partial charge in [0.1, 0.15) is 11.8 Å². The fourth-order valence-corrected chi connectivity index (χ4v) is 3.22. The molecule has 0 spiro atoms. The van der Waals surface area contributed by atoms with Gasteiger partial charge in [-0.05, 0) is 49.7 Å². The van der Waals surface area contributed by atoms with E-state index in [1.165, 1.54) is 16.9 Å². The molecule has 3 rings (SSSR count). The number of aryl methyl sites for hydroxylation is 2. The zero-order chi connectivity index (χ0) is 18.5. The van der Waals surface area contributed by atoms with E-state index in [4.69, 9.17) is 4.74 Å². The second-order valence-electron chi connectivity index (χ2n) is 5.77. The summed E-state index contributed by atoms with van der Waals surface area (Å²) in [6.45, 7) is 4.04. The second-order valence-corrected chi connectivity index (χ2v) is 6.63.